The zero-order chi connectivity index (χ0) is 8.72. The summed E-state index contributed by atoms with van der Waals surface area (Å²) in [7, 11) is 0. The molecule has 2 atom stereocenters. The summed E-state index contributed by atoms with van der Waals surface area (Å²) < 4.78 is 1.02. The topological polar surface area (TPSA) is 26.0 Å². The zero-order valence-electron chi connectivity index (χ0n) is 6.43. The second-order valence-electron chi connectivity index (χ2n) is 3.17. The third-order valence-electron chi connectivity index (χ3n) is 2.20. The predicted octanol–water partition coefficient (Wildman–Crippen LogP) is 2.92. The molecule has 1 fully saturated rings. The van der Waals surface area contributed by atoms with Crippen molar-refractivity contribution in [3.8, 4) is 0 Å². The van der Waals surface area contributed by atoms with E-state index in [9.17, 15) is 0 Å². The molecule has 1 aliphatic rings. The number of halogens is 2. The Kier molecular flexibility index (Phi) is 2.15. The van der Waals surface area contributed by atoms with Crippen molar-refractivity contribution in [2.24, 2.45) is 5.73 Å². The molecule has 1 nitrogen and oxygen atoms in total. The molecule has 1 aromatic carbocycles. The summed E-state index contributed by atoms with van der Waals surface area (Å²) in [6.07, 6.45) is 1.07. The summed E-state index contributed by atoms with van der Waals surface area (Å²) >= 11 is 9.41. The van der Waals surface area contributed by atoms with Gasteiger partial charge in [0, 0.05) is 21.5 Å². The summed E-state index contributed by atoms with van der Waals surface area (Å²) in [5.74, 6) is 0.491. The maximum atomic E-state index is 6.04. The molecule has 0 heterocycles. The Labute approximate surface area is 85.0 Å². The predicted molar refractivity (Wildman–Crippen MR) is 54.5 cm³/mol. The van der Waals surface area contributed by atoms with Gasteiger partial charge < -0.3 is 5.73 Å². The second-order valence-corrected chi connectivity index (χ2v) is 4.49. The summed E-state index contributed by atoms with van der Waals surface area (Å²) in [5, 5.41) is 0.822. The van der Waals surface area contributed by atoms with E-state index in [2.05, 4.69) is 15.9 Å². The van der Waals surface area contributed by atoms with Gasteiger partial charge >= 0.3 is 0 Å². The normalized spacial score (nSPS) is 27.2. The molecule has 0 spiro atoms. The van der Waals surface area contributed by atoms with Gasteiger partial charge in [0.1, 0.15) is 0 Å². The largest absolute Gasteiger partial charge is 0.327 e. The molecule has 1 saturated carbocycles. The average Bonchev–Trinajstić information content (AvgIpc) is 2.66. The van der Waals surface area contributed by atoms with E-state index >= 15 is 0 Å². The fourth-order valence-electron chi connectivity index (χ4n) is 1.37. The molecule has 64 valence electrons. The monoisotopic (exact) mass is 245 g/mol. The van der Waals surface area contributed by atoms with E-state index in [1.54, 1.807) is 0 Å². The van der Waals surface area contributed by atoms with Crippen molar-refractivity contribution in [3.05, 3.63) is 33.3 Å². The van der Waals surface area contributed by atoms with Gasteiger partial charge in [0.2, 0.25) is 0 Å². The lowest BCUT2D eigenvalue weighted by atomic mass is 10.1. The SMILES string of the molecule is NC1CC1c1ccc(Br)cc1Cl. The fraction of sp³-hybridized carbons (Fsp3) is 0.333. The molecule has 0 saturated heterocycles. The molecule has 0 bridgehead atoms. The van der Waals surface area contributed by atoms with E-state index in [1.807, 2.05) is 18.2 Å². The third kappa shape index (κ3) is 1.51. The summed E-state index contributed by atoms with van der Waals surface area (Å²) in [6.45, 7) is 0. The van der Waals surface area contributed by atoms with Crippen LogP contribution in [0.2, 0.25) is 5.02 Å². The first-order valence-electron chi connectivity index (χ1n) is 3.89. The Bertz CT molecular complexity index is 313. The van der Waals surface area contributed by atoms with Crippen molar-refractivity contribution in [2.75, 3.05) is 0 Å². The van der Waals surface area contributed by atoms with E-state index in [-0.39, 0.29) is 0 Å². The van der Waals surface area contributed by atoms with Gasteiger partial charge in [0.15, 0.2) is 0 Å². The number of hydrogen-bond acceptors (Lipinski definition) is 1. The van der Waals surface area contributed by atoms with E-state index in [4.69, 9.17) is 17.3 Å². The van der Waals surface area contributed by atoms with Crippen LogP contribution in [0.3, 0.4) is 0 Å². The van der Waals surface area contributed by atoms with Crippen LogP contribution in [0.1, 0.15) is 17.9 Å². The van der Waals surface area contributed by atoms with Gasteiger partial charge in [0.25, 0.3) is 0 Å². The minimum absolute atomic E-state index is 0.323. The van der Waals surface area contributed by atoms with E-state index < -0.39 is 0 Å². The van der Waals surface area contributed by atoms with Crippen molar-refractivity contribution in [1.82, 2.24) is 0 Å². The zero-order valence-corrected chi connectivity index (χ0v) is 8.77. The first-order valence-corrected chi connectivity index (χ1v) is 5.06. The summed E-state index contributed by atoms with van der Waals surface area (Å²) in [5.41, 5.74) is 6.92. The van der Waals surface area contributed by atoms with Crippen LogP contribution in [-0.4, -0.2) is 6.04 Å². The number of hydrogen-bond donors (Lipinski definition) is 1. The van der Waals surface area contributed by atoms with Gasteiger partial charge in [-0.05, 0) is 24.1 Å². The van der Waals surface area contributed by atoms with Crippen LogP contribution in [0.4, 0.5) is 0 Å². The van der Waals surface area contributed by atoms with E-state index in [1.165, 1.54) is 5.56 Å². The third-order valence-corrected chi connectivity index (χ3v) is 3.02. The van der Waals surface area contributed by atoms with Gasteiger partial charge in [-0.3, -0.25) is 0 Å². The average molecular weight is 247 g/mol. The van der Waals surface area contributed by atoms with Gasteiger partial charge in [-0.1, -0.05) is 33.6 Å². The van der Waals surface area contributed by atoms with Crippen molar-refractivity contribution < 1.29 is 0 Å². The molecule has 3 heteroatoms. The van der Waals surface area contributed by atoms with Crippen LogP contribution in [0, 0.1) is 0 Å². The van der Waals surface area contributed by atoms with Crippen LogP contribution in [0.5, 0.6) is 0 Å². The Morgan fingerprint density at radius 2 is 2.17 bits per heavy atom. The number of benzene rings is 1. The minimum atomic E-state index is 0.323. The standard InChI is InChI=1S/C9H9BrClN/c10-5-1-2-6(8(11)3-5)7-4-9(7)12/h1-3,7,9H,4,12H2. The lowest BCUT2D eigenvalue weighted by Crippen LogP contribution is -2.01. The molecule has 1 aromatic rings. The Hall–Kier alpha value is -0.0500. The highest BCUT2D eigenvalue weighted by Crippen LogP contribution is 2.42. The van der Waals surface area contributed by atoms with Crippen LogP contribution in [-0.2, 0) is 0 Å². The maximum Gasteiger partial charge on any atom is 0.0452 e. The Morgan fingerprint density at radius 3 is 2.67 bits per heavy atom. The van der Waals surface area contributed by atoms with Crippen LogP contribution >= 0.6 is 27.5 Å². The van der Waals surface area contributed by atoms with Crippen LogP contribution in [0.15, 0.2) is 22.7 Å². The fourth-order valence-corrected chi connectivity index (χ4v) is 2.19. The minimum Gasteiger partial charge on any atom is -0.327 e. The highest BCUT2D eigenvalue weighted by atomic mass is 79.9. The van der Waals surface area contributed by atoms with Crippen LogP contribution in [0.25, 0.3) is 0 Å². The van der Waals surface area contributed by atoms with Crippen molar-refractivity contribution >= 4 is 27.5 Å². The maximum absolute atomic E-state index is 6.04. The van der Waals surface area contributed by atoms with Crippen molar-refractivity contribution in [3.63, 3.8) is 0 Å². The smallest absolute Gasteiger partial charge is 0.0452 e. The summed E-state index contributed by atoms with van der Waals surface area (Å²) in [6, 6.07) is 6.29. The molecule has 2 rings (SSSR count). The number of rotatable bonds is 1. The van der Waals surface area contributed by atoms with Gasteiger partial charge in [-0.15, -0.1) is 0 Å². The summed E-state index contributed by atoms with van der Waals surface area (Å²) in [4.78, 5) is 0. The molecule has 12 heavy (non-hydrogen) atoms. The molecule has 0 amide bonds. The molecular formula is C9H9BrClN. The van der Waals surface area contributed by atoms with Gasteiger partial charge in [0.05, 0.1) is 0 Å². The molecular weight excluding hydrogens is 237 g/mol. The second kappa shape index (κ2) is 3.02. The van der Waals surface area contributed by atoms with Crippen molar-refractivity contribution in [1.29, 1.82) is 0 Å². The highest BCUT2D eigenvalue weighted by Gasteiger charge is 2.36. The van der Waals surface area contributed by atoms with E-state index in [0.717, 1.165) is 15.9 Å². The number of nitrogens with two attached hydrogens (primary N) is 1. The quantitative estimate of drug-likeness (QED) is 0.810. The first kappa shape index (κ1) is 8.54. The molecule has 1 aliphatic carbocycles. The first-order chi connectivity index (χ1) is 5.68. The van der Waals surface area contributed by atoms with Gasteiger partial charge in [-0.2, -0.15) is 0 Å². The van der Waals surface area contributed by atoms with E-state index in [0.29, 0.717) is 12.0 Å². The lowest BCUT2D eigenvalue weighted by molar-refractivity contribution is 0.990. The lowest BCUT2D eigenvalue weighted by Gasteiger charge is -2.01. The Balaban J connectivity index is 2.33. The highest BCUT2D eigenvalue weighted by molar-refractivity contribution is 9.10. The molecule has 0 aliphatic heterocycles. The molecule has 0 aromatic heterocycles. The van der Waals surface area contributed by atoms with Gasteiger partial charge in [-0.25, -0.2) is 0 Å². The Morgan fingerprint density at radius 1 is 1.50 bits per heavy atom. The van der Waals surface area contributed by atoms with Crippen LogP contribution < -0.4 is 5.73 Å². The molecule has 2 N–H and O–H groups in total. The molecule has 2 unspecified atom stereocenters. The molecule has 0 radical (unpaired) electrons. The van der Waals surface area contributed by atoms with Crippen molar-refractivity contribution in [2.45, 2.75) is 18.4 Å².